The van der Waals surface area contributed by atoms with Crippen LogP contribution >= 0.6 is 0 Å². The number of nitrogens with zero attached hydrogens (tertiary/aromatic N) is 3. The minimum absolute atomic E-state index is 0.0225. The lowest BCUT2D eigenvalue weighted by Gasteiger charge is -2.18. The van der Waals surface area contributed by atoms with Crippen molar-refractivity contribution in [2.75, 3.05) is 13.7 Å². The number of carbonyl (C=O) groups is 1. The van der Waals surface area contributed by atoms with Crippen LogP contribution in [-0.2, 0) is 13.1 Å². The number of aryl methyl sites for hydroxylation is 1. The van der Waals surface area contributed by atoms with Gasteiger partial charge >= 0.3 is 0 Å². The van der Waals surface area contributed by atoms with Gasteiger partial charge in [0, 0.05) is 31.2 Å². The summed E-state index contributed by atoms with van der Waals surface area (Å²) in [6, 6.07) is 15.7. The minimum atomic E-state index is 0.0225. The molecule has 0 aliphatic heterocycles. The number of hydrogen-bond donors (Lipinski definition) is 0. The molecule has 1 amide bonds. The Bertz CT molecular complexity index is 930. The molecule has 0 atom stereocenters. The zero-order chi connectivity index (χ0) is 20.1. The smallest absolute Gasteiger partial charge is 0.255 e. The highest BCUT2D eigenvalue weighted by Gasteiger charge is 2.19. The molecular weight excluding hydrogens is 350 g/mol. The fourth-order valence-electron chi connectivity index (χ4n) is 3.32. The molecule has 146 valence electrons. The molecule has 1 aromatic carbocycles. The van der Waals surface area contributed by atoms with E-state index in [9.17, 15) is 4.79 Å². The second-order valence-electron chi connectivity index (χ2n) is 6.93. The predicted molar refractivity (Wildman–Crippen MR) is 111 cm³/mol. The van der Waals surface area contributed by atoms with Crippen LogP contribution in [0.4, 0.5) is 0 Å². The van der Waals surface area contributed by atoms with E-state index in [1.807, 2.05) is 76.3 Å². The van der Waals surface area contributed by atoms with E-state index in [2.05, 4.69) is 9.55 Å². The summed E-state index contributed by atoms with van der Waals surface area (Å²) in [6.45, 7) is 7.84. The van der Waals surface area contributed by atoms with Crippen LogP contribution in [0, 0.1) is 13.8 Å². The molecule has 0 saturated carbocycles. The Morgan fingerprint density at radius 1 is 1.14 bits per heavy atom. The SMILES string of the molecule is CCOc1ccc(CN(C)C(=O)c2cc(C)n(Cc3ccccn3)c2C)cc1. The van der Waals surface area contributed by atoms with Gasteiger partial charge in [0.25, 0.3) is 5.91 Å². The van der Waals surface area contributed by atoms with E-state index in [1.165, 1.54) is 0 Å². The number of carbonyl (C=O) groups excluding carboxylic acids is 1. The first-order valence-corrected chi connectivity index (χ1v) is 9.53. The standard InChI is InChI=1S/C23H27N3O2/c1-5-28-21-11-9-19(10-12-21)15-25(4)23(27)22-14-17(2)26(18(22)3)16-20-8-6-7-13-24-20/h6-14H,5,15-16H2,1-4H3. The normalized spacial score (nSPS) is 10.7. The van der Waals surface area contributed by atoms with Crippen molar-refractivity contribution in [3.8, 4) is 5.75 Å². The maximum Gasteiger partial charge on any atom is 0.255 e. The fourth-order valence-corrected chi connectivity index (χ4v) is 3.32. The average molecular weight is 377 g/mol. The summed E-state index contributed by atoms with van der Waals surface area (Å²) in [5, 5.41) is 0. The lowest BCUT2D eigenvalue weighted by atomic mass is 10.1. The van der Waals surface area contributed by atoms with E-state index in [0.717, 1.165) is 34.0 Å². The fraction of sp³-hybridized carbons (Fsp3) is 0.304. The van der Waals surface area contributed by atoms with E-state index < -0.39 is 0 Å². The highest BCUT2D eigenvalue weighted by Crippen LogP contribution is 2.20. The molecule has 0 aliphatic rings. The summed E-state index contributed by atoms with van der Waals surface area (Å²) in [7, 11) is 1.84. The Morgan fingerprint density at radius 3 is 2.54 bits per heavy atom. The summed E-state index contributed by atoms with van der Waals surface area (Å²) >= 11 is 0. The van der Waals surface area contributed by atoms with Gasteiger partial charge in [-0.1, -0.05) is 18.2 Å². The molecule has 0 aliphatic carbocycles. The molecule has 0 N–H and O–H groups in total. The highest BCUT2D eigenvalue weighted by atomic mass is 16.5. The summed E-state index contributed by atoms with van der Waals surface area (Å²) in [5.41, 5.74) is 4.81. The third kappa shape index (κ3) is 4.42. The Kier molecular flexibility index (Phi) is 6.14. The van der Waals surface area contributed by atoms with Gasteiger partial charge in [0.1, 0.15) is 5.75 Å². The quantitative estimate of drug-likeness (QED) is 0.619. The first-order chi connectivity index (χ1) is 13.5. The summed E-state index contributed by atoms with van der Waals surface area (Å²) in [4.78, 5) is 19.2. The zero-order valence-corrected chi connectivity index (χ0v) is 17.0. The Labute approximate surface area is 166 Å². The van der Waals surface area contributed by atoms with Gasteiger partial charge in [0.05, 0.1) is 24.4 Å². The highest BCUT2D eigenvalue weighted by molar-refractivity contribution is 5.95. The van der Waals surface area contributed by atoms with Gasteiger partial charge in [0.15, 0.2) is 0 Å². The summed E-state index contributed by atoms with van der Waals surface area (Å²) in [6.07, 6.45) is 1.79. The third-order valence-corrected chi connectivity index (χ3v) is 4.85. The maximum absolute atomic E-state index is 13.0. The van der Waals surface area contributed by atoms with Crippen molar-refractivity contribution in [3.63, 3.8) is 0 Å². The van der Waals surface area contributed by atoms with E-state index in [1.54, 1.807) is 11.1 Å². The third-order valence-electron chi connectivity index (χ3n) is 4.85. The molecule has 0 bridgehead atoms. The van der Waals surface area contributed by atoms with Crippen LogP contribution in [0.5, 0.6) is 5.75 Å². The van der Waals surface area contributed by atoms with Crippen molar-refractivity contribution in [2.45, 2.75) is 33.9 Å². The molecule has 5 nitrogen and oxygen atoms in total. The molecular formula is C23H27N3O2. The second kappa shape index (κ2) is 8.74. The molecule has 0 fully saturated rings. The van der Waals surface area contributed by atoms with Gasteiger partial charge in [-0.3, -0.25) is 9.78 Å². The van der Waals surface area contributed by atoms with Gasteiger partial charge in [-0.2, -0.15) is 0 Å². The van der Waals surface area contributed by atoms with E-state index in [4.69, 9.17) is 4.74 Å². The molecule has 0 unspecified atom stereocenters. The van der Waals surface area contributed by atoms with Gasteiger partial charge in [-0.05, 0) is 56.7 Å². The predicted octanol–water partition coefficient (Wildman–Crippen LogP) is 4.22. The van der Waals surface area contributed by atoms with Crippen molar-refractivity contribution >= 4 is 5.91 Å². The molecule has 28 heavy (non-hydrogen) atoms. The van der Waals surface area contributed by atoms with Gasteiger partial charge < -0.3 is 14.2 Å². The number of benzene rings is 1. The van der Waals surface area contributed by atoms with Gasteiger partial charge in [0.2, 0.25) is 0 Å². The first-order valence-electron chi connectivity index (χ1n) is 9.53. The number of ether oxygens (including phenoxy) is 1. The molecule has 0 radical (unpaired) electrons. The zero-order valence-electron chi connectivity index (χ0n) is 17.0. The van der Waals surface area contributed by atoms with Crippen LogP contribution in [0.25, 0.3) is 0 Å². The number of rotatable bonds is 7. The van der Waals surface area contributed by atoms with E-state index in [0.29, 0.717) is 19.7 Å². The largest absolute Gasteiger partial charge is 0.494 e. The second-order valence-corrected chi connectivity index (χ2v) is 6.93. The Balaban J connectivity index is 1.73. The average Bonchev–Trinajstić information content (AvgIpc) is 2.98. The molecule has 2 aromatic heterocycles. The van der Waals surface area contributed by atoms with Gasteiger partial charge in [-0.25, -0.2) is 0 Å². The molecule has 2 heterocycles. The number of aromatic nitrogens is 2. The van der Waals surface area contributed by atoms with Crippen molar-refractivity contribution in [1.29, 1.82) is 0 Å². The lowest BCUT2D eigenvalue weighted by Crippen LogP contribution is -2.26. The Morgan fingerprint density at radius 2 is 1.89 bits per heavy atom. The molecule has 3 aromatic rings. The number of amides is 1. The minimum Gasteiger partial charge on any atom is -0.494 e. The monoisotopic (exact) mass is 377 g/mol. The Hall–Kier alpha value is -3.08. The number of hydrogen-bond acceptors (Lipinski definition) is 3. The van der Waals surface area contributed by atoms with Crippen LogP contribution in [0.2, 0.25) is 0 Å². The van der Waals surface area contributed by atoms with Crippen LogP contribution in [-0.4, -0.2) is 34.0 Å². The molecule has 5 heteroatoms. The first kappa shape index (κ1) is 19.7. The molecule has 0 spiro atoms. The topological polar surface area (TPSA) is 47.4 Å². The summed E-state index contributed by atoms with van der Waals surface area (Å²) < 4.78 is 7.61. The lowest BCUT2D eigenvalue weighted by molar-refractivity contribution is 0.0784. The van der Waals surface area contributed by atoms with Crippen LogP contribution in [0.3, 0.4) is 0 Å². The molecule has 3 rings (SSSR count). The number of pyridine rings is 1. The maximum atomic E-state index is 13.0. The van der Waals surface area contributed by atoms with Crippen LogP contribution < -0.4 is 4.74 Å². The van der Waals surface area contributed by atoms with Crippen LogP contribution in [0.15, 0.2) is 54.7 Å². The van der Waals surface area contributed by atoms with E-state index >= 15 is 0 Å². The van der Waals surface area contributed by atoms with Crippen molar-refractivity contribution in [1.82, 2.24) is 14.5 Å². The van der Waals surface area contributed by atoms with Gasteiger partial charge in [-0.15, -0.1) is 0 Å². The van der Waals surface area contributed by atoms with E-state index in [-0.39, 0.29) is 5.91 Å². The van der Waals surface area contributed by atoms with Crippen molar-refractivity contribution in [2.24, 2.45) is 0 Å². The summed E-state index contributed by atoms with van der Waals surface area (Å²) in [5.74, 6) is 0.868. The molecule has 0 saturated heterocycles. The van der Waals surface area contributed by atoms with Crippen molar-refractivity contribution < 1.29 is 9.53 Å². The van der Waals surface area contributed by atoms with Crippen molar-refractivity contribution in [3.05, 3.63) is 82.9 Å². The van der Waals surface area contributed by atoms with Crippen LogP contribution in [0.1, 0.15) is 39.9 Å².